The molecule has 0 atom stereocenters. The Morgan fingerprint density at radius 3 is 2.42 bits per heavy atom. The van der Waals surface area contributed by atoms with Crippen molar-refractivity contribution >= 4 is 17.5 Å². The number of carbonyl (C=O) groups excluding carboxylic acids is 2. The van der Waals surface area contributed by atoms with Gasteiger partial charge in [0.1, 0.15) is 11.6 Å². The van der Waals surface area contributed by atoms with E-state index in [1.54, 1.807) is 24.3 Å². The summed E-state index contributed by atoms with van der Waals surface area (Å²) >= 11 is 0. The zero-order chi connectivity index (χ0) is 17.1. The van der Waals surface area contributed by atoms with Crippen LogP contribution in [-0.2, 0) is 11.3 Å². The lowest BCUT2D eigenvalue weighted by atomic mass is 10.1. The molecule has 2 aromatic rings. The average molecular weight is 330 g/mol. The minimum absolute atomic E-state index is 0.0541. The first-order valence-electron chi connectivity index (χ1n) is 7.66. The van der Waals surface area contributed by atoms with Gasteiger partial charge in [0.05, 0.1) is 5.69 Å². The Hall–Kier alpha value is -2.76. The van der Waals surface area contributed by atoms with Gasteiger partial charge in [0.15, 0.2) is 0 Å². The second kappa shape index (κ2) is 6.78. The molecule has 2 aromatic carbocycles. The van der Waals surface area contributed by atoms with Crippen molar-refractivity contribution in [1.29, 1.82) is 0 Å². The molecule has 0 unspecified atom stereocenters. The van der Waals surface area contributed by atoms with Crippen LogP contribution in [0.3, 0.4) is 0 Å². The highest BCUT2D eigenvalue weighted by atomic mass is 19.1. The van der Waals surface area contributed by atoms with Crippen molar-refractivity contribution in [2.45, 2.75) is 19.4 Å². The Kier molecular flexibility index (Phi) is 4.55. The molecule has 3 rings (SSSR count). The number of rotatable bonds is 5. The summed E-state index contributed by atoms with van der Waals surface area (Å²) < 4.78 is 26.6. The summed E-state index contributed by atoms with van der Waals surface area (Å²) in [6.45, 7) is 0.399. The fraction of sp³-hybridized carbons (Fsp3) is 0.222. The Morgan fingerprint density at radius 1 is 1.04 bits per heavy atom. The van der Waals surface area contributed by atoms with Crippen LogP contribution < -0.4 is 10.6 Å². The molecule has 6 heteroatoms. The third-order valence-electron chi connectivity index (χ3n) is 3.81. The van der Waals surface area contributed by atoms with Gasteiger partial charge in [-0.05, 0) is 42.7 Å². The van der Waals surface area contributed by atoms with E-state index in [4.69, 9.17) is 0 Å². The molecule has 0 saturated heterocycles. The third-order valence-corrected chi connectivity index (χ3v) is 3.81. The molecule has 0 heterocycles. The average Bonchev–Trinajstić information content (AvgIpc) is 3.41. The number of nitrogens with one attached hydrogen (secondary N) is 2. The van der Waals surface area contributed by atoms with E-state index >= 15 is 0 Å². The highest BCUT2D eigenvalue weighted by molar-refractivity contribution is 6.04. The van der Waals surface area contributed by atoms with Gasteiger partial charge in [-0.15, -0.1) is 0 Å². The van der Waals surface area contributed by atoms with Crippen LogP contribution in [-0.4, -0.2) is 11.8 Å². The molecule has 0 aromatic heterocycles. The van der Waals surface area contributed by atoms with Crippen molar-refractivity contribution in [2.75, 3.05) is 5.32 Å². The normalized spacial score (nSPS) is 13.4. The molecule has 1 saturated carbocycles. The lowest BCUT2D eigenvalue weighted by molar-refractivity contribution is -0.122. The van der Waals surface area contributed by atoms with Gasteiger partial charge < -0.3 is 10.6 Å². The summed E-state index contributed by atoms with van der Waals surface area (Å²) in [6, 6.07) is 9.44. The van der Waals surface area contributed by atoms with Crippen molar-refractivity contribution < 1.29 is 18.4 Å². The maximum atomic E-state index is 13.5. The predicted molar refractivity (Wildman–Crippen MR) is 85.3 cm³/mol. The molecule has 4 nitrogen and oxygen atoms in total. The second-order valence-electron chi connectivity index (χ2n) is 5.77. The third kappa shape index (κ3) is 3.95. The molecule has 24 heavy (non-hydrogen) atoms. The first-order chi connectivity index (χ1) is 11.5. The zero-order valence-electron chi connectivity index (χ0n) is 12.8. The Morgan fingerprint density at radius 2 is 1.75 bits per heavy atom. The number of amides is 2. The van der Waals surface area contributed by atoms with Crippen LogP contribution >= 0.6 is 0 Å². The summed E-state index contributed by atoms with van der Waals surface area (Å²) in [7, 11) is 0. The smallest absolute Gasteiger partial charge is 0.255 e. The van der Waals surface area contributed by atoms with Crippen LogP contribution in [0.15, 0.2) is 42.5 Å². The van der Waals surface area contributed by atoms with E-state index in [1.165, 1.54) is 0 Å². The summed E-state index contributed by atoms with van der Waals surface area (Å²) in [4.78, 5) is 23.7. The van der Waals surface area contributed by atoms with Crippen molar-refractivity contribution in [3.63, 3.8) is 0 Å². The number of hydrogen-bond acceptors (Lipinski definition) is 2. The number of halogens is 2. The SMILES string of the molecule is O=C(Nc1cc(F)ccc1F)c1ccc(CNC(=O)C2CC2)cc1. The van der Waals surface area contributed by atoms with Gasteiger partial charge in [-0.25, -0.2) is 8.78 Å². The van der Waals surface area contributed by atoms with Crippen LogP contribution in [0.5, 0.6) is 0 Å². The first kappa shape index (κ1) is 16.1. The minimum Gasteiger partial charge on any atom is -0.352 e. The van der Waals surface area contributed by atoms with E-state index in [9.17, 15) is 18.4 Å². The van der Waals surface area contributed by atoms with E-state index in [0.717, 1.165) is 36.6 Å². The van der Waals surface area contributed by atoms with Crippen molar-refractivity contribution in [3.05, 3.63) is 65.2 Å². The summed E-state index contributed by atoms with van der Waals surface area (Å²) in [5.41, 5.74) is 0.967. The molecule has 0 spiro atoms. The van der Waals surface area contributed by atoms with Gasteiger partial charge >= 0.3 is 0 Å². The number of benzene rings is 2. The molecule has 2 amide bonds. The van der Waals surface area contributed by atoms with Crippen LogP contribution in [0.4, 0.5) is 14.5 Å². The van der Waals surface area contributed by atoms with E-state index in [2.05, 4.69) is 10.6 Å². The van der Waals surface area contributed by atoms with Crippen LogP contribution in [0.25, 0.3) is 0 Å². The van der Waals surface area contributed by atoms with Crippen molar-refractivity contribution in [3.8, 4) is 0 Å². The highest BCUT2D eigenvalue weighted by Gasteiger charge is 2.29. The maximum absolute atomic E-state index is 13.5. The highest BCUT2D eigenvalue weighted by Crippen LogP contribution is 2.28. The topological polar surface area (TPSA) is 58.2 Å². The Balaban J connectivity index is 1.60. The van der Waals surface area contributed by atoms with Crippen molar-refractivity contribution in [1.82, 2.24) is 5.32 Å². The largest absolute Gasteiger partial charge is 0.352 e. The molecular formula is C18H16F2N2O2. The summed E-state index contributed by atoms with van der Waals surface area (Å²) in [5.74, 6) is -1.67. The summed E-state index contributed by atoms with van der Waals surface area (Å²) in [6.07, 6.45) is 1.89. The molecule has 1 aliphatic rings. The molecule has 0 aliphatic heterocycles. The van der Waals surface area contributed by atoms with Gasteiger partial charge in [-0.2, -0.15) is 0 Å². The van der Waals surface area contributed by atoms with E-state index in [0.29, 0.717) is 12.1 Å². The predicted octanol–water partition coefficient (Wildman–Crippen LogP) is 3.24. The lowest BCUT2D eigenvalue weighted by Gasteiger charge is -2.08. The van der Waals surface area contributed by atoms with Gasteiger partial charge in [0.2, 0.25) is 5.91 Å². The molecule has 2 N–H and O–H groups in total. The molecular weight excluding hydrogens is 314 g/mol. The number of hydrogen-bond donors (Lipinski definition) is 2. The Labute approximate surface area is 137 Å². The zero-order valence-corrected chi connectivity index (χ0v) is 12.8. The van der Waals surface area contributed by atoms with Gasteiger partial charge in [0.25, 0.3) is 5.91 Å². The Bertz CT molecular complexity index is 771. The number of anilines is 1. The van der Waals surface area contributed by atoms with Gasteiger partial charge in [-0.1, -0.05) is 12.1 Å². The van der Waals surface area contributed by atoms with Crippen LogP contribution in [0, 0.1) is 17.6 Å². The number of carbonyl (C=O) groups is 2. The molecule has 1 aliphatic carbocycles. The van der Waals surface area contributed by atoms with Gasteiger partial charge in [0, 0.05) is 24.1 Å². The van der Waals surface area contributed by atoms with E-state index < -0.39 is 17.5 Å². The van der Waals surface area contributed by atoms with Crippen molar-refractivity contribution in [2.24, 2.45) is 5.92 Å². The monoisotopic (exact) mass is 330 g/mol. The molecule has 0 bridgehead atoms. The first-order valence-corrected chi connectivity index (χ1v) is 7.66. The molecule has 124 valence electrons. The van der Waals surface area contributed by atoms with Crippen LogP contribution in [0.2, 0.25) is 0 Å². The quantitative estimate of drug-likeness (QED) is 0.884. The molecule has 1 fully saturated rings. The van der Waals surface area contributed by atoms with Crippen LogP contribution in [0.1, 0.15) is 28.8 Å². The van der Waals surface area contributed by atoms with E-state index in [1.807, 2.05) is 0 Å². The summed E-state index contributed by atoms with van der Waals surface area (Å²) in [5, 5.41) is 5.17. The van der Waals surface area contributed by atoms with Gasteiger partial charge in [-0.3, -0.25) is 9.59 Å². The standard InChI is InChI=1S/C18H16F2N2O2/c19-14-7-8-15(20)16(9-14)22-18(24)13-3-1-11(2-4-13)10-21-17(23)12-5-6-12/h1-4,7-9,12H,5-6,10H2,(H,21,23)(H,22,24). The fourth-order valence-electron chi connectivity index (χ4n) is 2.24. The van der Waals surface area contributed by atoms with E-state index in [-0.39, 0.29) is 17.5 Å². The second-order valence-corrected chi connectivity index (χ2v) is 5.77. The minimum atomic E-state index is -0.704. The fourth-order valence-corrected chi connectivity index (χ4v) is 2.24. The maximum Gasteiger partial charge on any atom is 0.255 e. The lowest BCUT2D eigenvalue weighted by Crippen LogP contribution is -2.24. The molecule has 0 radical (unpaired) electrons.